The molecule has 0 unspecified atom stereocenters. The molecule has 29 heavy (non-hydrogen) atoms. The molecule has 0 radical (unpaired) electrons. The van der Waals surface area contributed by atoms with Gasteiger partial charge in [-0.05, 0) is 72.7 Å². The van der Waals surface area contributed by atoms with E-state index in [1.807, 2.05) is 55.5 Å². The SMILES string of the molecule is CCCCNC(=O)[C@@H](C)N(Cc1ccc(C)cc1)C(=O)COc1ccc(I)cc1. The summed E-state index contributed by atoms with van der Waals surface area (Å²) in [4.78, 5) is 27.1. The highest BCUT2D eigenvalue weighted by Crippen LogP contribution is 2.15. The number of carbonyl (C=O) groups is 2. The van der Waals surface area contributed by atoms with Crippen molar-refractivity contribution < 1.29 is 14.3 Å². The molecule has 2 amide bonds. The lowest BCUT2D eigenvalue weighted by Gasteiger charge is -2.28. The highest BCUT2D eigenvalue weighted by atomic mass is 127. The summed E-state index contributed by atoms with van der Waals surface area (Å²) in [6, 6.07) is 14.9. The molecule has 0 bridgehead atoms. The third-order valence-electron chi connectivity index (χ3n) is 4.65. The summed E-state index contributed by atoms with van der Waals surface area (Å²) in [7, 11) is 0. The smallest absolute Gasteiger partial charge is 0.261 e. The molecular weight excluding hydrogens is 479 g/mol. The van der Waals surface area contributed by atoms with Crippen molar-refractivity contribution in [3.8, 4) is 5.75 Å². The van der Waals surface area contributed by atoms with E-state index in [4.69, 9.17) is 4.74 Å². The van der Waals surface area contributed by atoms with Gasteiger partial charge in [-0.25, -0.2) is 0 Å². The first-order valence-electron chi connectivity index (χ1n) is 9.91. The fourth-order valence-corrected chi connectivity index (χ4v) is 3.13. The fraction of sp³-hybridized carbons (Fsp3) is 0.391. The van der Waals surface area contributed by atoms with Crippen molar-refractivity contribution in [2.75, 3.05) is 13.2 Å². The molecule has 2 aromatic carbocycles. The number of nitrogens with zero attached hydrogens (tertiary/aromatic N) is 1. The van der Waals surface area contributed by atoms with Crippen molar-refractivity contribution in [2.24, 2.45) is 0 Å². The van der Waals surface area contributed by atoms with Crippen LogP contribution >= 0.6 is 22.6 Å². The molecule has 156 valence electrons. The summed E-state index contributed by atoms with van der Waals surface area (Å²) in [5.74, 6) is 0.268. The van der Waals surface area contributed by atoms with E-state index < -0.39 is 6.04 Å². The van der Waals surface area contributed by atoms with E-state index >= 15 is 0 Å². The molecule has 0 heterocycles. The van der Waals surface area contributed by atoms with Crippen LogP contribution in [0.25, 0.3) is 0 Å². The highest BCUT2D eigenvalue weighted by molar-refractivity contribution is 14.1. The number of aryl methyl sites for hydroxylation is 1. The van der Waals surface area contributed by atoms with Crippen molar-refractivity contribution >= 4 is 34.4 Å². The van der Waals surface area contributed by atoms with Gasteiger partial charge < -0.3 is 15.0 Å². The van der Waals surface area contributed by atoms with E-state index in [1.54, 1.807) is 11.8 Å². The van der Waals surface area contributed by atoms with Gasteiger partial charge in [0.15, 0.2) is 6.61 Å². The second-order valence-corrected chi connectivity index (χ2v) is 8.32. The molecule has 0 aliphatic rings. The van der Waals surface area contributed by atoms with E-state index in [2.05, 4.69) is 34.8 Å². The number of amides is 2. The Kier molecular flexibility index (Phi) is 9.44. The van der Waals surface area contributed by atoms with Crippen LogP contribution in [0.2, 0.25) is 0 Å². The molecule has 6 heteroatoms. The molecule has 0 aromatic heterocycles. The van der Waals surface area contributed by atoms with Gasteiger partial charge in [0.05, 0.1) is 0 Å². The Hall–Kier alpha value is -2.09. The topological polar surface area (TPSA) is 58.6 Å². The molecule has 0 fully saturated rings. The Balaban J connectivity index is 2.08. The average molecular weight is 508 g/mol. The van der Waals surface area contributed by atoms with Gasteiger partial charge in [0.2, 0.25) is 5.91 Å². The minimum atomic E-state index is -0.582. The van der Waals surface area contributed by atoms with Gasteiger partial charge in [0.25, 0.3) is 5.91 Å². The minimum Gasteiger partial charge on any atom is -0.484 e. The van der Waals surface area contributed by atoms with Gasteiger partial charge in [0.1, 0.15) is 11.8 Å². The quantitative estimate of drug-likeness (QED) is 0.385. The largest absolute Gasteiger partial charge is 0.484 e. The second kappa shape index (κ2) is 11.8. The van der Waals surface area contributed by atoms with Crippen molar-refractivity contribution in [3.05, 3.63) is 63.2 Å². The van der Waals surface area contributed by atoms with E-state index in [0.29, 0.717) is 18.8 Å². The number of carbonyl (C=O) groups excluding carboxylic acids is 2. The van der Waals surface area contributed by atoms with Crippen LogP contribution in [0.3, 0.4) is 0 Å². The molecule has 0 saturated heterocycles. The Labute approximate surface area is 187 Å². The van der Waals surface area contributed by atoms with Gasteiger partial charge in [-0.1, -0.05) is 43.2 Å². The molecule has 2 rings (SSSR count). The molecular formula is C23H29IN2O3. The minimum absolute atomic E-state index is 0.112. The van der Waals surface area contributed by atoms with Crippen LogP contribution in [0, 0.1) is 10.5 Å². The maximum absolute atomic E-state index is 13.0. The molecule has 0 spiro atoms. The molecule has 1 atom stereocenters. The number of nitrogens with one attached hydrogen (secondary N) is 1. The Morgan fingerprint density at radius 1 is 1.10 bits per heavy atom. The predicted octanol–water partition coefficient (Wildman–Crippen LogP) is 4.31. The lowest BCUT2D eigenvalue weighted by molar-refractivity contribution is -0.142. The molecule has 1 N–H and O–H groups in total. The first-order chi connectivity index (χ1) is 13.9. The maximum Gasteiger partial charge on any atom is 0.261 e. The Morgan fingerprint density at radius 3 is 2.38 bits per heavy atom. The predicted molar refractivity (Wildman–Crippen MR) is 124 cm³/mol. The zero-order valence-corrected chi connectivity index (χ0v) is 19.4. The van der Waals surface area contributed by atoms with E-state index in [9.17, 15) is 9.59 Å². The molecule has 5 nitrogen and oxygen atoms in total. The lowest BCUT2D eigenvalue weighted by atomic mass is 10.1. The van der Waals surface area contributed by atoms with Crippen molar-refractivity contribution in [3.63, 3.8) is 0 Å². The summed E-state index contributed by atoms with van der Waals surface area (Å²) in [6.07, 6.45) is 1.92. The fourth-order valence-electron chi connectivity index (χ4n) is 2.77. The van der Waals surface area contributed by atoms with Gasteiger partial charge in [-0.15, -0.1) is 0 Å². The van der Waals surface area contributed by atoms with Gasteiger partial charge in [-0.2, -0.15) is 0 Å². The van der Waals surface area contributed by atoms with Crippen LogP contribution in [-0.2, 0) is 16.1 Å². The van der Waals surface area contributed by atoms with Gasteiger partial charge >= 0.3 is 0 Å². The summed E-state index contributed by atoms with van der Waals surface area (Å²) in [5, 5.41) is 2.92. The van der Waals surface area contributed by atoms with Gasteiger partial charge in [0, 0.05) is 16.7 Å². The van der Waals surface area contributed by atoms with Crippen molar-refractivity contribution in [1.29, 1.82) is 0 Å². The maximum atomic E-state index is 13.0. The lowest BCUT2D eigenvalue weighted by Crippen LogP contribution is -2.49. The zero-order valence-electron chi connectivity index (χ0n) is 17.3. The summed E-state index contributed by atoms with van der Waals surface area (Å²) >= 11 is 2.22. The monoisotopic (exact) mass is 508 g/mol. The van der Waals surface area contributed by atoms with Crippen LogP contribution in [0.4, 0.5) is 0 Å². The average Bonchev–Trinajstić information content (AvgIpc) is 2.72. The van der Waals surface area contributed by atoms with Crippen LogP contribution in [0.15, 0.2) is 48.5 Å². The molecule has 2 aromatic rings. The first kappa shape index (κ1) is 23.2. The van der Waals surface area contributed by atoms with E-state index in [-0.39, 0.29) is 18.4 Å². The van der Waals surface area contributed by atoms with Crippen LogP contribution in [0.5, 0.6) is 5.75 Å². The number of ether oxygens (including phenoxy) is 1. The first-order valence-corrected chi connectivity index (χ1v) is 11.0. The van der Waals surface area contributed by atoms with Crippen LogP contribution < -0.4 is 10.1 Å². The molecule has 0 saturated carbocycles. The Morgan fingerprint density at radius 2 is 1.76 bits per heavy atom. The van der Waals surface area contributed by atoms with E-state index in [1.165, 1.54) is 0 Å². The van der Waals surface area contributed by atoms with Crippen LogP contribution in [-0.4, -0.2) is 35.9 Å². The number of hydrogen-bond donors (Lipinski definition) is 1. The zero-order chi connectivity index (χ0) is 21.2. The number of rotatable bonds is 10. The number of halogens is 1. The third-order valence-corrected chi connectivity index (χ3v) is 5.37. The van der Waals surface area contributed by atoms with Gasteiger partial charge in [-0.3, -0.25) is 9.59 Å². The Bertz CT molecular complexity index is 791. The number of hydrogen-bond acceptors (Lipinski definition) is 3. The summed E-state index contributed by atoms with van der Waals surface area (Å²) < 4.78 is 6.76. The van der Waals surface area contributed by atoms with Crippen molar-refractivity contribution in [1.82, 2.24) is 10.2 Å². The highest BCUT2D eigenvalue weighted by Gasteiger charge is 2.26. The molecule has 0 aliphatic heterocycles. The van der Waals surface area contributed by atoms with Crippen LogP contribution in [0.1, 0.15) is 37.8 Å². The number of benzene rings is 2. The normalized spacial score (nSPS) is 11.6. The number of unbranched alkanes of at least 4 members (excludes halogenated alkanes) is 1. The summed E-state index contributed by atoms with van der Waals surface area (Å²) in [6.45, 7) is 6.72. The summed E-state index contributed by atoms with van der Waals surface area (Å²) in [5.41, 5.74) is 2.13. The van der Waals surface area contributed by atoms with Crippen molar-refractivity contribution in [2.45, 2.75) is 46.2 Å². The second-order valence-electron chi connectivity index (χ2n) is 7.07. The van der Waals surface area contributed by atoms with E-state index in [0.717, 1.165) is 27.5 Å². The third kappa shape index (κ3) is 7.68. The standard InChI is InChI=1S/C23H29IN2O3/c1-4-5-14-25-23(28)18(3)26(15-19-8-6-17(2)7-9-19)22(27)16-29-21-12-10-20(24)11-13-21/h6-13,18H,4-5,14-16H2,1-3H3,(H,25,28)/t18-/m1/s1. The molecule has 0 aliphatic carbocycles.